The van der Waals surface area contributed by atoms with Gasteiger partial charge in [-0.15, -0.1) is 11.3 Å². The van der Waals surface area contributed by atoms with E-state index < -0.39 is 11.9 Å². The summed E-state index contributed by atoms with van der Waals surface area (Å²) < 4.78 is 10.2. The normalized spacial score (nSPS) is 19.4. The Bertz CT molecular complexity index is 2530. The molecule has 13 nitrogen and oxygen atoms in total. The predicted octanol–water partition coefficient (Wildman–Crippen LogP) is 4.49. The number of nitrogens with one attached hydrogen (secondary N) is 3. The third-order valence-electron chi connectivity index (χ3n) is 10.9. The van der Waals surface area contributed by atoms with Gasteiger partial charge in [-0.05, 0) is 61.9 Å². The van der Waals surface area contributed by atoms with Crippen molar-refractivity contribution in [2.45, 2.75) is 31.8 Å². The summed E-state index contributed by atoms with van der Waals surface area (Å²) in [4.78, 5) is 60.6. The second-order valence-electron chi connectivity index (χ2n) is 14.3. The van der Waals surface area contributed by atoms with Crippen LogP contribution in [0.1, 0.15) is 35.5 Å². The highest BCUT2D eigenvalue weighted by molar-refractivity contribution is 7.21. The Labute approximate surface area is 314 Å². The number of fused-ring (bicyclic) bond motifs is 6. The van der Waals surface area contributed by atoms with Crippen molar-refractivity contribution in [1.29, 1.82) is 0 Å². The SMILES string of the molecule is C[C@@H]1CNc2c(sc3ccc4nc(-c5ccc(N6CCN(CCOc7ccc8c(c7)n(C)c(=O)n8C7CCC(=O)NC7=O)CC6)cc5)ccc4c23)C(=O)N1. The van der Waals surface area contributed by atoms with Crippen molar-refractivity contribution in [3.63, 3.8) is 0 Å². The van der Waals surface area contributed by atoms with Crippen molar-refractivity contribution in [2.75, 3.05) is 56.1 Å². The number of nitrogens with zero attached hydrogens (tertiary/aromatic N) is 5. The van der Waals surface area contributed by atoms with Crippen LogP contribution in [0.3, 0.4) is 0 Å². The zero-order valence-corrected chi connectivity index (χ0v) is 30.9. The van der Waals surface area contributed by atoms with E-state index >= 15 is 0 Å². The van der Waals surface area contributed by atoms with Gasteiger partial charge < -0.3 is 20.3 Å². The number of imide groups is 1. The van der Waals surface area contributed by atoms with E-state index in [1.54, 1.807) is 7.05 Å². The lowest BCUT2D eigenvalue weighted by molar-refractivity contribution is -0.135. The number of amides is 3. The summed E-state index contributed by atoms with van der Waals surface area (Å²) in [6.45, 7) is 7.60. The lowest BCUT2D eigenvalue weighted by Gasteiger charge is -2.36. The molecule has 1 unspecified atom stereocenters. The van der Waals surface area contributed by atoms with Crippen LogP contribution in [0.25, 0.3) is 43.3 Å². The summed E-state index contributed by atoms with van der Waals surface area (Å²) in [5.74, 6) is -0.126. The summed E-state index contributed by atoms with van der Waals surface area (Å²) >= 11 is 1.52. The first-order valence-corrected chi connectivity index (χ1v) is 19.2. The van der Waals surface area contributed by atoms with Crippen LogP contribution in [-0.4, -0.2) is 88.7 Å². The van der Waals surface area contributed by atoms with Gasteiger partial charge in [0.2, 0.25) is 11.8 Å². The van der Waals surface area contributed by atoms with E-state index in [2.05, 4.69) is 68.2 Å². The van der Waals surface area contributed by atoms with Gasteiger partial charge >= 0.3 is 5.69 Å². The maximum Gasteiger partial charge on any atom is 0.329 e. The molecule has 6 aromatic rings. The zero-order valence-electron chi connectivity index (χ0n) is 30.1. The number of carbonyl (C=O) groups is 3. The number of benzene rings is 3. The Kier molecular flexibility index (Phi) is 8.58. The number of ether oxygens (including phenoxy) is 1. The Hall–Kier alpha value is -5.73. The monoisotopic (exact) mass is 744 g/mol. The van der Waals surface area contributed by atoms with Crippen LogP contribution >= 0.6 is 11.3 Å². The minimum Gasteiger partial charge on any atom is -0.492 e. The highest BCUT2D eigenvalue weighted by Crippen LogP contribution is 2.41. The molecule has 54 heavy (non-hydrogen) atoms. The number of anilines is 2. The van der Waals surface area contributed by atoms with Crippen molar-refractivity contribution in [3.8, 4) is 17.0 Å². The maximum absolute atomic E-state index is 13.1. The van der Waals surface area contributed by atoms with Crippen molar-refractivity contribution >= 4 is 72.5 Å². The lowest BCUT2D eigenvalue weighted by Crippen LogP contribution is -2.47. The fraction of sp³-hybridized carbons (Fsp3) is 0.325. The fourth-order valence-electron chi connectivity index (χ4n) is 7.91. The van der Waals surface area contributed by atoms with Crippen molar-refractivity contribution < 1.29 is 19.1 Å². The molecule has 2 atom stereocenters. The Balaban J connectivity index is 0.813. The molecule has 276 valence electrons. The molecule has 3 aromatic carbocycles. The first-order chi connectivity index (χ1) is 26.2. The zero-order chi connectivity index (χ0) is 37.1. The molecular formula is C40H40N8O5S. The lowest BCUT2D eigenvalue weighted by atomic mass is 10.1. The van der Waals surface area contributed by atoms with Crippen molar-refractivity contribution in [2.24, 2.45) is 7.05 Å². The number of hydrogen-bond acceptors (Lipinski definition) is 10. The van der Waals surface area contributed by atoms with Gasteiger partial charge in [-0.2, -0.15) is 0 Å². The number of piperazine rings is 1. The van der Waals surface area contributed by atoms with Crippen LogP contribution in [0.2, 0.25) is 0 Å². The van der Waals surface area contributed by atoms with Crippen molar-refractivity contribution in [1.82, 2.24) is 29.7 Å². The topological polar surface area (TPSA) is 143 Å². The molecule has 6 heterocycles. The predicted molar refractivity (Wildman–Crippen MR) is 211 cm³/mol. The molecular weight excluding hydrogens is 705 g/mol. The Morgan fingerprint density at radius 1 is 0.926 bits per heavy atom. The Morgan fingerprint density at radius 2 is 1.74 bits per heavy atom. The number of imidazole rings is 1. The van der Waals surface area contributed by atoms with Crippen LogP contribution < -0.4 is 31.3 Å². The molecule has 0 radical (unpaired) electrons. The minimum absolute atomic E-state index is 0.0274. The molecule has 3 aromatic heterocycles. The molecule has 3 aliphatic heterocycles. The van der Waals surface area contributed by atoms with Gasteiger partial charge in [-0.1, -0.05) is 12.1 Å². The minimum atomic E-state index is -0.715. The third kappa shape index (κ3) is 6.04. The summed E-state index contributed by atoms with van der Waals surface area (Å²) in [6, 6.07) is 21.7. The van der Waals surface area contributed by atoms with Gasteiger partial charge in [0.1, 0.15) is 23.3 Å². The van der Waals surface area contributed by atoms with Gasteiger partial charge in [0.25, 0.3) is 5.91 Å². The highest BCUT2D eigenvalue weighted by atomic mass is 32.1. The molecule has 3 N–H and O–H groups in total. The first kappa shape index (κ1) is 34.1. The number of carbonyl (C=O) groups excluding carboxylic acids is 3. The smallest absolute Gasteiger partial charge is 0.329 e. The van der Waals surface area contributed by atoms with Gasteiger partial charge in [0.05, 0.1) is 27.9 Å². The molecule has 0 saturated carbocycles. The number of aryl methyl sites for hydroxylation is 1. The molecule has 0 bridgehead atoms. The summed E-state index contributed by atoms with van der Waals surface area (Å²) in [5.41, 5.74) is 5.97. The fourth-order valence-corrected chi connectivity index (χ4v) is 9.01. The van der Waals surface area contributed by atoms with E-state index in [0.717, 1.165) is 75.5 Å². The maximum atomic E-state index is 13.1. The number of piperidine rings is 1. The molecule has 9 rings (SSSR count). The van der Waals surface area contributed by atoms with E-state index in [1.165, 1.54) is 26.2 Å². The molecule has 14 heteroatoms. The number of pyridine rings is 1. The first-order valence-electron chi connectivity index (χ1n) is 18.4. The molecule has 2 saturated heterocycles. The van der Waals surface area contributed by atoms with Crippen LogP contribution in [0.15, 0.2) is 71.5 Å². The number of hydrogen-bond donors (Lipinski definition) is 3. The van der Waals surface area contributed by atoms with Crippen LogP contribution in [0.4, 0.5) is 11.4 Å². The highest BCUT2D eigenvalue weighted by Gasteiger charge is 2.31. The molecule has 3 amide bonds. The van der Waals surface area contributed by atoms with E-state index in [4.69, 9.17) is 9.72 Å². The standard InChI is InChI=1S/C40H40N8O5S/c1-23-22-41-36-35-27-8-9-28(43-29(27)10-13-33(35)54-37(36)39(51)42-23)24-3-5-25(6-4-24)47-17-15-46(16-18-47)19-20-53-26-7-11-30-32(21-26)45(2)40(52)48(30)31-12-14-34(49)44-38(31)50/h3-11,13,21,23,31,41H,12,14-20,22H2,1-2H3,(H,42,51)(H,44,49,50)/t23-,31?/m1/s1. The van der Waals surface area contributed by atoms with Crippen LogP contribution in [0, 0.1) is 0 Å². The summed E-state index contributed by atoms with van der Waals surface area (Å²) in [7, 11) is 1.68. The Morgan fingerprint density at radius 3 is 2.54 bits per heavy atom. The average Bonchev–Trinajstić information content (AvgIpc) is 3.63. The van der Waals surface area contributed by atoms with Crippen LogP contribution in [0.5, 0.6) is 5.75 Å². The molecule has 0 spiro atoms. The molecule has 3 aliphatic rings. The number of aromatic nitrogens is 3. The van der Waals surface area contributed by atoms with E-state index in [-0.39, 0.29) is 30.0 Å². The largest absolute Gasteiger partial charge is 0.492 e. The van der Waals surface area contributed by atoms with E-state index in [1.807, 2.05) is 31.2 Å². The number of rotatable bonds is 7. The number of thiophene rings is 1. The second-order valence-corrected chi connectivity index (χ2v) is 15.4. The summed E-state index contributed by atoms with van der Waals surface area (Å²) in [6.07, 6.45) is 0.501. The quantitative estimate of drug-likeness (QED) is 0.202. The van der Waals surface area contributed by atoms with Gasteiger partial charge in [-0.3, -0.25) is 33.7 Å². The molecule has 2 fully saturated rings. The van der Waals surface area contributed by atoms with E-state index in [0.29, 0.717) is 36.4 Å². The van der Waals surface area contributed by atoms with Gasteiger partial charge in [0.15, 0.2) is 0 Å². The second kappa shape index (κ2) is 13.6. The third-order valence-corrected chi connectivity index (χ3v) is 12.0. The van der Waals surface area contributed by atoms with Crippen molar-refractivity contribution in [3.05, 3.63) is 82.1 Å². The molecule has 0 aliphatic carbocycles. The average molecular weight is 745 g/mol. The van der Waals surface area contributed by atoms with Gasteiger partial charge in [0, 0.05) is 91.6 Å². The summed E-state index contributed by atoms with van der Waals surface area (Å²) in [5, 5.41) is 11.0. The van der Waals surface area contributed by atoms with E-state index in [9.17, 15) is 19.2 Å². The van der Waals surface area contributed by atoms with Gasteiger partial charge in [-0.25, -0.2) is 9.78 Å². The van der Waals surface area contributed by atoms with Crippen LogP contribution in [-0.2, 0) is 16.6 Å².